The standard InChI is InChI=1S/C29H32NO5P/c1-4-25(26(28(31)34-5-2)22-16-10-7-11-17-22)27(30-29(32)35-6-3)36(33,23-18-12-8-13-19-23)24-20-14-9-15-21-24/h7-21,27H,4-6H2,1-3H3,(H,30,32)/b26-25-. The van der Waals surface area contributed by atoms with Gasteiger partial charge in [-0.15, -0.1) is 0 Å². The van der Waals surface area contributed by atoms with Crippen LogP contribution in [0.25, 0.3) is 5.57 Å². The third-order valence-electron chi connectivity index (χ3n) is 5.75. The van der Waals surface area contributed by atoms with Crippen LogP contribution in [-0.4, -0.2) is 31.1 Å². The van der Waals surface area contributed by atoms with Crippen molar-refractivity contribution in [1.82, 2.24) is 5.32 Å². The first kappa shape index (κ1) is 27.0. The van der Waals surface area contributed by atoms with Crippen molar-refractivity contribution in [2.75, 3.05) is 13.2 Å². The third kappa shape index (κ3) is 5.95. The molecule has 3 aromatic rings. The number of hydrogen-bond acceptors (Lipinski definition) is 5. The molecule has 1 amide bonds. The zero-order chi connectivity index (χ0) is 26.0. The fraction of sp³-hybridized carbons (Fsp3) is 0.241. The SMILES string of the molecule is CCOC(=O)NC(/C(CC)=C(\C(=O)OCC)c1ccccc1)P(=O)(c1ccccc1)c1ccccc1. The second kappa shape index (κ2) is 12.9. The first-order valence-corrected chi connectivity index (χ1v) is 13.8. The van der Waals surface area contributed by atoms with E-state index in [9.17, 15) is 9.59 Å². The maximum absolute atomic E-state index is 15.3. The average molecular weight is 506 g/mol. The lowest BCUT2D eigenvalue weighted by atomic mass is 9.98. The summed E-state index contributed by atoms with van der Waals surface area (Å²) in [5.41, 5.74) is 1.41. The van der Waals surface area contributed by atoms with Crippen LogP contribution in [0.15, 0.2) is 96.6 Å². The average Bonchev–Trinajstić information content (AvgIpc) is 2.92. The van der Waals surface area contributed by atoms with Gasteiger partial charge in [-0.05, 0) is 31.4 Å². The summed E-state index contributed by atoms with van der Waals surface area (Å²) in [6, 6.07) is 27.2. The Kier molecular flexibility index (Phi) is 9.66. The molecule has 0 spiro atoms. The van der Waals surface area contributed by atoms with Crippen molar-refractivity contribution in [2.45, 2.75) is 33.0 Å². The molecule has 0 heterocycles. The predicted octanol–water partition coefficient (Wildman–Crippen LogP) is 5.50. The topological polar surface area (TPSA) is 81.7 Å². The van der Waals surface area contributed by atoms with E-state index in [-0.39, 0.29) is 18.8 Å². The summed E-state index contributed by atoms with van der Waals surface area (Å²) in [6.07, 6.45) is -0.374. The lowest BCUT2D eigenvalue weighted by molar-refractivity contribution is -0.136. The summed E-state index contributed by atoms with van der Waals surface area (Å²) in [6.45, 7) is 5.63. The van der Waals surface area contributed by atoms with E-state index in [2.05, 4.69) is 5.32 Å². The largest absolute Gasteiger partial charge is 0.462 e. The molecule has 1 unspecified atom stereocenters. The number of amides is 1. The lowest BCUT2D eigenvalue weighted by Gasteiger charge is -2.32. The number of esters is 1. The lowest BCUT2D eigenvalue weighted by Crippen LogP contribution is -2.42. The van der Waals surface area contributed by atoms with Crippen molar-refractivity contribution in [3.63, 3.8) is 0 Å². The van der Waals surface area contributed by atoms with Gasteiger partial charge in [0.15, 0.2) is 7.14 Å². The summed E-state index contributed by atoms with van der Waals surface area (Å²) in [5.74, 6) is -1.59. The number of hydrogen-bond donors (Lipinski definition) is 1. The molecule has 0 bridgehead atoms. The zero-order valence-electron chi connectivity index (χ0n) is 20.8. The molecule has 1 atom stereocenters. The highest BCUT2D eigenvalue weighted by Crippen LogP contribution is 2.52. The van der Waals surface area contributed by atoms with E-state index in [0.29, 0.717) is 28.2 Å². The van der Waals surface area contributed by atoms with Crippen LogP contribution in [0.5, 0.6) is 0 Å². The summed E-state index contributed by atoms with van der Waals surface area (Å²) in [7, 11) is -3.59. The van der Waals surface area contributed by atoms with Gasteiger partial charge in [-0.2, -0.15) is 0 Å². The highest BCUT2D eigenvalue weighted by atomic mass is 31.2. The van der Waals surface area contributed by atoms with Gasteiger partial charge in [0.2, 0.25) is 0 Å². The molecule has 0 saturated carbocycles. The Bertz CT molecular complexity index is 1180. The van der Waals surface area contributed by atoms with E-state index in [1.807, 2.05) is 61.5 Å². The summed E-state index contributed by atoms with van der Waals surface area (Å²) >= 11 is 0. The molecule has 36 heavy (non-hydrogen) atoms. The zero-order valence-corrected chi connectivity index (χ0v) is 21.7. The highest BCUT2D eigenvalue weighted by molar-refractivity contribution is 7.79. The summed E-state index contributed by atoms with van der Waals surface area (Å²) < 4.78 is 26.0. The number of ether oxygens (including phenoxy) is 2. The van der Waals surface area contributed by atoms with Crippen LogP contribution >= 0.6 is 7.14 Å². The minimum atomic E-state index is -3.59. The van der Waals surface area contributed by atoms with E-state index in [4.69, 9.17) is 9.47 Å². The second-order valence-electron chi connectivity index (χ2n) is 7.94. The van der Waals surface area contributed by atoms with Gasteiger partial charge in [0, 0.05) is 10.6 Å². The fourth-order valence-corrected chi connectivity index (χ4v) is 7.34. The molecule has 0 aromatic heterocycles. The van der Waals surface area contributed by atoms with Gasteiger partial charge in [0.25, 0.3) is 0 Å². The van der Waals surface area contributed by atoms with Crippen LogP contribution in [-0.2, 0) is 18.8 Å². The molecule has 0 saturated heterocycles. The summed E-state index contributed by atoms with van der Waals surface area (Å²) in [5, 5.41) is 3.98. The fourth-order valence-electron chi connectivity index (χ4n) is 4.18. The van der Waals surface area contributed by atoms with Gasteiger partial charge < -0.3 is 19.4 Å². The maximum atomic E-state index is 15.3. The van der Waals surface area contributed by atoms with Gasteiger partial charge in [0.1, 0.15) is 5.78 Å². The van der Waals surface area contributed by atoms with E-state index in [1.165, 1.54) is 0 Å². The van der Waals surface area contributed by atoms with Crippen LogP contribution < -0.4 is 15.9 Å². The molecular weight excluding hydrogens is 473 g/mol. The van der Waals surface area contributed by atoms with Crippen molar-refractivity contribution in [2.24, 2.45) is 0 Å². The van der Waals surface area contributed by atoms with Gasteiger partial charge in [-0.25, -0.2) is 9.59 Å². The molecule has 0 fully saturated rings. The Hall–Kier alpha value is -3.63. The molecule has 0 aliphatic carbocycles. The van der Waals surface area contributed by atoms with E-state index >= 15 is 4.57 Å². The molecule has 0 aliphatic heterocycles. The molecule has 188 valence electrons. The Morgan fingerprint density at radius 1 is 0.750 bits per heavy atom. The molecule has 1 N–H and O–H groups in total. The first-order valence-electron chi connectivity index (χ1n) is 12.1. The highest BCUT2D eigenvalue weighted by Gasteiger charge is 2.42. The number of nitrogens with one attached hydrogen (secondary N) is 1. The number of alkyl carbamates (subject to hydrolysis) is 1. The number of benzene rings is 3. The van der Waals surface area contributed by atoms with Crippen molar-refractivity contribution in [1.29, 1.82) is 0 Å². The first-order chi connectivity index (χ1) is 17.5. The van der Waals surface area contributed by atoms with Gasteiger partial charge >= 0.3 is 12.1 Å². The molecular formula is C29H32NO5P. The molecule has 0 aliphatic rings. The normalized spacial score (nSPS) is 12.8. The van der Waals surface area contributed by atoms with Crippen molar-refractivity contribution >= 4 is 35.4 Å². The van der Waals surface area contributed by atoms with Gasteiger partial charge in [0.05, 0.1) is 18.8 Å². The van der Waals surface area contributed by atoms with Crippen LogP contribution in [0, 0.1) is 0 Å². The smallest absolute Gasteiger partial charge is 0.408 e. The van der Waals surface area contributed by atoms with Crippen LogP contribution in [0.2, 0.25) is 0 Å². The second-order valence-corrected chi connectivity index (χ2v) is 10.8. The minimum absolute atomic E-state index is 0.147. The van der Waals surface area contributed by atoms with Crippen molar-refractivity contribution in [3.05, 3.63) is 102 Å². The minimum Gasteiger partial charge on any atom is -0.462 e. The molecule has 7 heteroatoms. The Morgan fingerprint density at radius 2 is 1.22 bits per heavy atom. The van der Waals surface area contributed by atoms with Crippen LogP contribution in [0.4, 0.5) is 4.79 Å². The number of carbonyl (C=O) groups is 2. The molecule has 0 radical (unpaired) electrons. The van der Waals surface area contributed by atoms with Crippen LogP contribution in [0.3, 0.4) is 0 Å². The van der Waals surface area contributed by atoms with E-state index in [1.54, 1.807) is 50.2 Å². The van der Waals surface area contributed by atoms with Crippen LogP contribution in [0.1, 0.15) is 32.8 Å². The Morgan fingerprint density at radius 3 is 1.67 bits per heavy atom. The van der Waals surface area contributed by atoms with Gasteiger partial charge in [-0.3, -0.25) is 0 Å². The number of carbonyl (C=O) groups excluding carboxylic acids is 2. The molecule has 6 nitrogen and oxygen atoms in total. The third-order valence-corrected chi connectivity index (χ3v) is 9.05. The summed E-state index contributed by atoms with van der Waals surface area (Å²) in [4.78, 5) is 26.2. The predicted molar refractivity (Wildman–Crippen MR) is 144 cm³/mol. The Balaban J connectivity index is 2.39. The quantitative estimate of drug-likeness (QED) is 0.224. The molecule has 3 aromatic carbocycles. The van der Waals surface area contributed by atoms with E-state index in [0.717, 1.165) is 0 Å². The maximum Gasteiger partial charge on any atom is 0.408 e. The number of rotatable bonds is 10. The molecule has 3 rings (SSSR count). The Labute approximate surface area is 212 Å². The van der Waals surface area contributed by atoms with E-state index < -0.39 is 25.0 Å². The van der Waals surface area contributed by atoms with Crippen molar-refractivity contribution < 1.29 is 23.6 Å². The van der Waals surface area contributed by atoms with Crippen molar-refractivity contribution in [3.8, 4) is 0 Å². The monoisotopic (exact) mass is 505 g/mol. The van der Waals surface area contributed by atoms with Gasteiger partial charge in [-0.1, -0.05) is 97.9 Å².